The Hall–Kier alpha value is -7.50. The van der Waals surface area contributed by atoms with Crippen LogP contribution in [0.15, 0.2) is 199 Å². The van der Waals surface area contributed by atoms with E-state index in [4.69, 9.17) is 24.4 Å². The van der Waals surface area contributed by atoms with Crippen molar-refractivity contribution in [3.63, 3.8) is 0 Å². The third-order valence-electron chi connectivity index (χ3n) is 10.0. The molecule has 0 fully saturated rings. The van der Waals surface area contributed by atoms with Gasteiger partial charge in [-0.1, -0.05) is 176 Å². The first kappa shape index (κ1) is 32.2. The van der Waals surface area contributed by atoms with Crippen LogP contribution in [0.1, 0.15) is 0 Å². The van der Waals surface area contributed by atoms with Gasteiger partial charge in [0.1, 0.15) is 16.9 Å². The Balaban J connectivity index is 1.12. The van der Waals surface area contributed by atoms with Crippen LogP contribution in [0.2, 0.25) is 0 Å². The van der Waals surface area contributed by atoms with Gasteiger partial charge in [-0.25, -0.2) is 15.0 Å². The maximum atomic E-state index is 6.65. The molecule has 0 N–H and O–H groups in total. The van der Waals surface area contributed by atoms with Gasteiger partial charge in [-0.05, 0) is 51.1 Å². The zero-order valence-electron chi connectivity index (χ0n) is 29.7. The van der Waals surface area contributed by atoms with Crippen LogP contribution in [0, 0.1) is 0 Å². The molecule has 5 heteroatoms. The highest BCUT2D eigenvalue weighted by Crippen LogP contribution is 2.40. The van der Waals surface area contributed by atoms with Crippen LogP contribution in [0.4, 0.5) is 0 Å². The molecule has 3 heterocycles. The van der Waals surface area contributed by atoms with E-state index in [1.807, 2.05) is 48.5 Å². The van der Waals surface area contributed by atoms with E-state index in [9.17, 15) is 0 Å². The number of benzene rings is 7. The van der Waals surface area contributed by atoms with Gasteiger partial charge in [0.05, 0.1) is 5.39 Å². The Morgan fingerprint density at radius 2 is 0.818 bits per heavy atom. The minimum absolute atomic E-state index is 0.475. The van der Waals surface area contributed by atoms with Crippen molar-refractivity contribution in [2.45, 2.75) is 0 Å². The maximum absolute atomic E-state index is 6.65. The Labute approximate surface area is 318 Å². The SMILES string of the molecule is c1ccc(-c2ccc(-c3nc(-c4cccc(-c5ccccc5)c4)nc(-c4nccc5oc6c(-c7ccc(-c8ccccc8)cc7)cccc6c45)n3)cc2)cc1. The molecule has 7 aromatic carbocycles. The van der Waals surface area contributed by atoms with E-state index in [0.717, 1.165) is 72.0 Å². The summed E-state index contributed by atoms with van der Waals surface area (Å²) in [4.78, 5) is 20.2. The second-order valence-electron chi connectivity index (χ2n) is 13.5. The van der Waals surface area contributed by atoms with Crippen molar-refractivity contribution < 1.29 is 4.42 Å². The van der Waals surface area contributed by atoms with E-state index in [-0.39, 0.29) is 0 Å². The minimum atomic E-state index is 0.475. The number of furan rings is 1. The Kier molecular flexibility index (Phi) is 8.08. The average Bonchev–Trinajstić information content (AvgIpc) is 3.67. The highest BCUT2D eigenvalue weighted by atomic mass is 16.3. The van der Waals surface area contributed by atoms with Gasteiger partial charge in [-0.2, -0.15) is 0 Å². The molecule has 0 radical (unpaired) electrons. The van der Waals surface area contributed by atoms with E-state index in [2.05, 4.69) is 140 Å². The van der Waals surface area contributed by atoms with E-state index < -0.39 is 0 Å². The van der Waals surface area contributed by atoms with Crippen molar-refractivity contribution in [2.24, 2.45) is 0 Å². The predicted molar refractivity (Wildman–Crippen MR) is 223 cm³/mol. The molecule has 0 bridgehead atoms. The molecule has 0 unspecified atom stereocenters. The smallest absolute Gasteiger partial charge is 0.183 e. The number of pyridine rings is 1. The zero-order chi connectivity index (χ0) is 36.6. The second-order valence-corrected chi connectivity index (χ2v) is 13.5. The molecule has 5 nitrogen and oxygen atoms in total. The molecule has 0 atom stereocenters. The van der Waals surface area contributed by atoms with Crippen LogP contribution in [0.5, 0.6) is 0 Å². The predicted octanol–water partition coefficient (Wildman–Crippen LogP) is 12.8. The normalized spacial score (nSPS) is 11.3. The first-order valence-electron chi connectivity index (χ1n) is 18.3. The standard InChI is InChI=1S/C50H32N4O/c1-4-12-33(13-5-1)36-22-26-38(27-23-36)42-20-11-21-43-45-44(55-47(42)43)30-31-51-46(45)50-53-48(39-28-24-37(25-29-39)34-14-6-2-7-15-34)52-49(54-50)41-19-10-18-40(32-41)35-16-8-3-9-17-35/h1-32H. The molecule has 0 spiro atoms. The number of para-hydroxylation sites is 1. The van der Waals surface area contributed by atoms with E-state index in [0.29, 0.717) is 23.2 Å². The molecule has 0 saturated heterocycles. The first-order chi connectivity index (χ1) is 27.2. The van der Waals surface area contributed by atoms with Crippen LogP contribution in [-0.2, 0) is 0 Å². The van der Waals surface area contributed by atoms with Crippen LogP contribution in [0.25, 0.3) is 101 Å². The minimum Gasteiger partial charge on any atom is -0.455 e. The number of hydrogen-bond acceptors (Lipinski definition) is 5. The maximum Gasteiger partial charge on any atom is 0.183 e. The summed E-state index contributed by atoms with van der Waals surface area (Å²) in [6.45, 7) is 0. The fourth-order valence-corrected chi connectivity index (χ4v) is 7.26. The molecule has 10 aromatic rings. The molecule has 0 amide bonds. The quantitative estimate of drug-likeness (QED) is 0.165. The number of rotatable bonds is 7. The third-order valence-corrected chi connectivity index (χ3v) is 10.0. The topological polar surface area (TPSA) is 64.7 Å². The summed E-state index contributed by atoms with van der Waals surface area (Å²) in [7, 11) is 0. The van der Waals surface area contributed by atoms with Gasteiger partial charge < -0.3 is 4.42 Å². The van der Waals surface area contributed by atoms with Crippen molar-refractivity contribution >= 4 is 21.9 Å². The van der Waals surface area contributed by atoms with Gasteiger partial charge in [-0.3, -0.25) is 4.98 Å². The fraction of sp³-hybridized carbons (Fsp3) is 0. The summed E-state index contributed by atoms with van der Waals surface area (Å²) in [6.07, 6.45) is 1.77. The van der Waals surface area contributed by atoms with E-state index in [1.54, 1.807) is 6.20 Å². The highest BCUT2D eigenvalue weighted by Gasteiger charge is 2.21. The molecular formula is C50H32N4O. The Morgan fingerprint density at radius 3 is 1.45 bits per heavy atom. The van der Waals surface area contributed by atoms with Gasteiger partial charge in [0.25, 0.3) is 0 Å². The van der Waals surface area contributed by atoms with Crippen LogP contribution in [-0.4, -0.2) is 19.9 Å². The monoisotopic (exact) mass is 704 g/mol. The van der Waals surface area contributed by atoms with Crippen LogP contribution < -0.4 is 0 Å². The van der Waals surface area contributed by atoms with Gasteiger partial charge in [-0.15, -0.1) is 0 Å². The van der Waals surface area contributed by atoms with Gasteiger partial charge >= 0.3 is 0 Å². The molecule has 0 aliphatic carbocycles. The molecule has 3 aromatic heterocycles. The molecule has 258 valence electrons. The second kappa shape index (κ2) is 13.8. The van der Waals surface area contributed by atoms with Crippen molar-refractivity contribution in [3.05, 3.63) is 194 Å². The van der Waals surface area contributed by atoms with Crippen molar-refractivity contribution in [1.82, 2.24) is 19.9 Å². The summed E-state index contributed by atoms with van der Waals surface area (Å²) in [5.41, 5.74) is 12.8. The summed E-state index contributed by atoms with van der Waals surface area (Å²) in [5.74, 6) is 1.61. The lowest BCUT2D eigenvalue weighted by molar-refractivity contribution is 0.669. The lowest BCUT2D eigenvalue weighted by Crippen LogP contribution is -2.01. The molecule has 0 aliphatic rings. The molecule has 0 saturated carbocycles. The fourth-order valence-electron chi connectivity index (χ4n) is 7.26. The van der Waals surface area contributed by atoms with Crippen molar-refractivity contribution in [2.75, 3.05) is 0 Å². The summed E-state index contributed by atoms with van der Waals surface area (Å²) < 4.78 is 6.65. The van der Waals surface area contributed by atoms with Crippen LogP contribution in [0.3, 0.4) is 0 Å². The lowest BCUT2D eigenvalue weighted by atomic mass is 9.98. The largest absolute Gasteiger partial charge is 0.455 e. The van der Waals surface area contributed by atoms with E-state index in [1.165, 1.54) is 5.56 Å². The number of nitrogens with zero attached hydrogens (tertiary/aromatic N) is 4. The van der Waals surface area contributed by atoms with E-state index >= 15 is 0 Å². The summed E-state index contributed by atoms with van der Waals surface area (Å²) in [6, 6.07) is 64.6. The molecule has 10 rings (SSSR count). The Morgan fingerprint density at radius 1 is 0.345 bits per heavy atom. The highest BCUT2D eigenvalue weighted by molar-refractivity contribution is 6.14. The van der Waals surface area contributed by atoms with Gasteiger partial charge in [0.15, 0.2) is 17.5 Å². The first-order valence-corrected chi connectivity index (χ1v) is 18.3. The average molecular weight is 705 g/mol. The van der Waals surface area contributed by atoms with Gasteiger partial charge in [0.2, 0.25) is 0 Å². The summed E-state index contributed by atoms with van der Waals surface area (Å²) in [5, 5.41) is 1.81. The molecule has 55 heavy (non-hydrogen) atoms. The molecule has 0 aliphatic heterocycles. The third kappa shape index (κ3) is 6.14. The van der Waals surface area contributed by atoms with Crippen molar-refractivity contribution in [3.8, 4) is 78.8 Å². The molecular weight excluding hydrogens is 673 g/mol. The number of fused-ring (bicyclic) bond motifs is 3. The van der Waals surface area contributed by atoms with Gasteiger partial charge in [0, 0.05) is 28.3 Å². The van der Waals surface area contributed by atoms with Crippen LogP contribution >= 0.6 is 0 Å². The lowest BCUT2D eigenvalue weighted by Gasteiger charge is -2.10. The number of aromatic nitrogens is 4. The van der Waals surface area contributed by atoms with Crippen molar-refractivity contribution in [1.29, 1.82) is 0 Å². The number of hydrogen-bond donors (Lipinski definition) is 0. The summed E-state index contributed by atoms with van der Waals surface area (Å²) >= 11 is 0. The zero-order valence-corrected chi connectivity index (χ0v) is 29.7. The Bertz CT molecular complexity index is 2940.